The van der Waals surface area contributed by atoms with Crippen molar-refractivity contribution in [3.8, 4) is 0 Å². The average Bonchev–Trinajstić information content (AvgIpc) is 2.35. The summed E-state index contributed by atoms with van der Waals surface area (Å²) in [6.07, 6.45) is 5.17. The van der Waals surface area contributed by atoms with Crippen molar-refractivity contribution in [2.75, 3.05) is 53.6 Å². The van der Waals surface area contributed by atoms with Crippen LogP contribution in [0, 0.1) is 0 Å². The third-order valence-corrected chi connectivity index (χ3v) is 3.38. The van der Waals surface area contributed by atoms with Gasteiger partial charge in [0.1, 0.15) is 0 Å². The Morgan fingerprint density at radius 2 is 2.12 bits per heavy atom. The van der Waals surface area contributed by atoms with Gasteiger partial charge in [-0.05, 0) is 39.4 Å². The molecule has 1 rings (SSSR count). The number of hydrogen-bond donors (Lipinski definition) is 1. The van der Waals surface area contributed by atoms with Crippen LogP contribution in [-0.4, -0.2) is 64.6 Å². The predicted octanol–water partition coefficient (Wildman–Crippen LogP) is 1.11. The zero-order valence-corrected chi connectivity index (χ0v) is 11.4. The number of rotatable bonds is 9. The van der Waals surface area contributed by atoms with E-state index in [1.165, 1.54) is 25.8 Å². The lowest BCUT2D eigenvalue weighted by Gasteiger charge is -2.32. The molecular formula is C13H28N2O2. The van der Waals surface area contributed by atoms with Gasteiger partial charge in [0.15, 0.2) is 0 Å². The number of ether oxygens (including phenoxy) is 2. The minimum atomic E-state index is 0.695. The topological polar surface area (TPSA) is 33.7 Å². The van der Waals surface area contributed by atoms with Gasteiger partial charge >= 0.3 is 0 Å². The van der Waals surface area contributed by atoms with Crippen LogP contribution in [0.5, 0.6) is 0 Å². The maximum Gasteiger partial charge on any atom is 0.0700 e. The van der Waals surface area contributed by atoms with E-state index in [2.05, 4.69) is 17.3 Å². The summed E-state index contributed by atoms with van der Waals surface area (Å²) in [4.78, 5) is 2.48. The Hall–Kier alpha value is -0.160. The second-order valence-corrected chi connectivity index (χ2v) is 4.79. The molecule has 1 fully saturated rings. The van der Waals surface area contributed by atoms with Gasteiger partial charge in [0.2, 0.25) is 0 Å². The fourth-order valence-corrected chi connectivity index (χ4v) is 2.21. The van der Waals surface area contributed by atoms with E-state index in [4.69, 9.17) is 9.47 Å². The highest BCUT2D eigenvalue weighted by molar-refractivity contribution is 4.75. The van der Waals surface area contributed by atoms with E-state index in [0.717, 1.165) is 32.2 Å². The van der Waals surface area contributed by atoms with Gasteiger partial charge in [-0.2, -0.15) is 0 Å². The highest BCUT2D eigenvalue weighted by Crippen LogP contribution is 2.13. The molecule has 0 aromatic rings. The molecule has 1 aliphatic rings. The summed E-state index contributed by atoms with van der Waals surface area (Å²) >= 11 is 0. The monoisotopic (exact) mass is 244 g/mol. The standard InChI is InChI=1S/C13H28N2O2/c1-15-8-4-3-6-13(15)12-14-7-5-9-17-11-10-16-2/h13-14H,3-12H2,1-2H3. The van der Waals surface area contributed by atoms with Crippen LogP contribution < -0.4 is 5.32 Å². The van der Waals surface area contributed by atoms with Crippen molar-refractivity contribution < 1.29 is 9.47 Å². The zero-order valence-electron chi connectivity index (χ0n) is 11.4. The molecule has 0 bridgehead atoms. The molecule has 0 spiro atoms. The molecule has 102 valence electrons. The lowest BCUT2D eigenvalue weighted by Crippen LogP contribution is -2.43. The third-order valence-electron chi connectivity index (χ3n) is 3.38. The van der Waals surface area contributed by atoms with Crippen molar-refractivity contribution in [3.05, 3.63) is 0 Å². The molecular weight excluding hydrogens is 216 g/mol. The Morgan fingerprint density at radius 3 is 2.88 bits per heavy atom. The molecule has 0 aliphatic carbocycles. The summed E-state index contributed by atoms with van der Waals surface area (Å²) in [5, 5.41) is 3.52. The molecule has 1 heterocycles. The zero-order chi connectivity index (χ0) is 12.3. The van der Waals surface area contributed by atoms with Gasteiger partial charge in [0, 0.05) is 26.3 Å². The van der Waals surface area contributed by atoms with Crippen molar-refractivity contribution in [2.45, 2.75) is 31.7 Å². The van der Waals surface area contributed by atoms with Crippen LogP contribution in [0.15, 0.2) is 0 Å². The minimum Gasteiger partial charge on any atom is -0.382 e. The largest absolute Gasteiger partial charge is 0.382 e. The Morgan fingerprint density at radius 1 is 1.24 bits per heavy atom. The lowest BCUT2D eigenvalue weighted by atomic mass is 10.0. The van der Waals surface area contributed by atoms with Crippen molar-refractivity contribution in [1.82, 2.24) is 10.2 Å². The molecule has 4 nitrogen and oxygen atoms in total. The van der Waals surface area contributed by atoms with Gasteiger partial charge in [-0.25, -0.2) is 0 Å². The molecule has 0 aromatic carbocycles. The van der Waals surface area contributed by atoms with E-state index in [-0.39, 0.29) is 0 Å². The first-order valence-corrected chi connectivity index (χ1v) is 6.82. The van der Waals surface area contributed by atoms with Crippen LogP contribution in [0.25, 0.3) is 0 Å². The fourth-order valence-electron chi connectivity index (χ4n) is 2.21. The van der Waals surface area contributed by atoms with Crippen molar-refractivity contribution >= 4 is 0 Å². The molecule has 0 amide bonds. The smallest absolute Gasteiger partial charge is 0.0700 e. The van der Waals surface area contributed by atoms with E-state index >= 15 is 0 Å². The van der Waals surface area contributed by atoms with E-state index in [1.807, 2.05) is 0 Å². The SMILES string of the molecule is COCCOCCCNCC1CCCCN1C. The van der Waals surface area contributed by atoms with Gasteiger partial charge in [-0.1, -0.05) is 6.42 Å². The quantitative estimate of drug-likeness (QED) is 0.616. The average molecular weight is 244 g/mol. The van der Waals surface area contributed by atoms with Crippen molar-refractivity contribution in [1.29, 1.82) is 0 Å². The minimum absolute atomic E-state index is 0.695. The number of nitrogens with zero attached hydrogens (tertiary/aromatic N) is 1. The molecule has 4 heteroatoms. The van der Waals surface area contributed by atoms with Crippen molar-refractivity contribution in [3.63, 3.8) is 0 Å². The Bertz CT molecular complexity index is 179. The molecule has 0 saturated carbocycles. The van der Waals surface area contributed by atoms with Gasteiger partial charge in [0.05, 0.1) is 13.2 Å². The molecule has 1 unspecified atom stereocenters. The summed E-state index contributed by atoms with van der Waals surface area (Å²) in [5.41, 5.74) is 0. The normalized spacial score (nSPS) is 21.9. The lowest BCUT2D eigenvalue weighted by molar-refractivity contribution is 0.0692. The van der Waals surface area contributed by atoms with Gasteiger partial charge in [-0.3, -0.25) is 0 Å². The molecule has 1 atom stereocenters. The van der Waals surface area contributed by atoms with Gasteiger partial charge in [0.25, 0.3) is 0 Å². The summed E-state index contributed by atoms with van der Waals surface area (Å²) in [6, 6.07) is 0.734. The number of piperidine rings is 1. The first kappa shape index (κ1) is 14.9. The van der Waals surface area contributed by atoms with Crippen molar-refractivity contribution in [2.24, 2.45) is 0 Å². The van der Waals surface area contributed by atoms with E-state index in [1.54, 1.807) is 7.11 Å². The molecule has 0 radical (unpaired) electrons. The first-order valence-electron chi connectivity index (χ1n) is 6.82. The van der Waals surface area contributed by atoms with Crippen LogP contribution in [0.1, 0.15) is 25.7 Å². The summed E-state index contributed by atoms with van der Waals surface area (Å²) in [6.45, 7) is 5.66. The summed E-state index contributed by atoms with van der Waals surface area (Å²) in [5.74, 6) is 0. The predicted molar refractivity (Wildman–Crippen MR) is 70.5 cm³/mol. The van der Waals surface area contributed by atoms with Crippen LogP contribution in [-0.2, 0) is 9.47 Å². The second kappa shape index (κ2) is 9.83. The first-order chi connectivity index (χ1) is 8.34. The number of methoxy groups -OCH3 is 1. The number of likely N-dealkylation sites (tertiary alicyclic amines) is 1. The Kier molecular flexibility index (Phi) is 8.61. The van der Waals surface area contributed by atoms with E-state index < -0.39 is 0 Å². The maximum atomic E-state index is 5.41. The fraction of sp³-hybridized carbons (Fsp3) is 1.00. The Balaban J connectivity index is 1.86. The molecule has 1 N–H and O–H groups in total. The molecule has 17 heavy (non-hydrogen) atoms. The van der Waals surface area contributed by atoms with Crippen LogP contribution in [0.4, 0.5) is 0 Å². The molecule has 0 aromatic heterocycles. The van der Waals surface area contributed by atoms with Crippen LogP contribution in [0.3, 0.4) is 0 Å². The third kappa shape index (κ3) is 6.99. The number of likely N-dealkylation sites (N-methyl/N-ethyl adjacent to an activating group) is 1. The number of hydrogen-bond acceptors (Lipinski definition) is 4. The highest BCUT2D eigenvalue weighted by atomic mass is 16.5. The summed E-state index contributed by atoms with van der Waals surface area (Å²) < 4.78 is 10.3. The van der Waals surface area contributed by atoms with Crippen LogP contribution >= 0.6 is 0 Å². The van der Waals surface area contributed by atoms with E-state index in [9.17, 15) is 0 Å². The second-order valence-electron chi connectivity index (χ2n) is 4.79. The molecule has 1 aliphatic heterocycles. The van der Waals surface area contributed by atoms with Crippen LogP contribution in [0.2, 0.25) is 0 Å². The Labute approximate surface area is 106 Å². The summed E-state index contributed by atoms with van der Waals surface area (Å²) in [7, 11) is 3.94. The highest BCUT2D eigenvalue weighted by Gasteiger charge is 2.17. The number of nitrogens with one attached hydrogen (secondary N) is 1. The van der Waals surface area contributed by atoms with E-state index in [0.29, 0.717) is 13.2 Å². The molecule has 1 saturated heterocycles. The maximum absolute atomic E-state index is 5.41. The van der Waals surface area contributed by atoms with Gasteiger partial charge < -0.3 is 19.7 Å². The van der Waals surface area contributed by atoms with Gasteiger partial charge in [-0.15, -0.1) is 0 Å².